The highest BCUT2D eigenvalue weighted by Gasteiger charge is 2.25. The van der Waals surface area contributed by atoms with E-state index in [1.807, 2.05) is 6.07 Å². The molecule has 0 atom stereocenters. The molecule has 3 aromatic heterocycles. The largest absolute Gasteiger partial charge is 0.478 e. The molecule has 0 spiro atoms. The average molecular weight is 427 g/mol. The Bertz CT molecular complexity index is 1370. The van der Waals surface area contributed by atoms with Gasteiger partial charge in [-0.25, -0.2) is 4.79 Å². The molecule has 0 amide bonds. The Balaban J connectivity index is 1.76. The van der Waals surface area contributed by atoms with Crippen molar-refractivity contribution in [2.75, 3.05) is 0 Å². The first-order valence-corrected chi connectivity index (χ1v) is 10.9. The minimum atomic E-state index is -0.936. The zero-order valence-corrected chi connectivity index (χ0v) is 18.1. The third-order valence-corrected chi connectivity index (χ3v) is 6.92. The van der Waals surface area contributed by atoms with Gasteiger partial charge < -0.3 is 14.2 Å². The number of carboxylic acids is 1. The first-order chi connectivity index (χ1) is 15.0. The summed E-state index contributed by atoms with van der Waals surface area (Å²) in [6, 6.07) is 21.1. The lowest BCUT2D eigenvalue weighted by Crippen LogP contribution is -2.00. The second kappa shape index (κ2) is 7.60. The van der Waals surface area contributed by atoms with Crippen LogP contribution in [0.2, 0.25) is 0 Å². The maximum absolute atomic E-state index is 11.0. The van der Waals surface area contributed by atoms with Gasteiger partial charge in [0.25, 0.3) is 0 Å². The number of aryl methyl sites for hydroxylation is 2. The highest BCUT2D eigenvalue weighted by Crippen LogP contribution is 2.42. The molecule has 3 heterocycles. The van der Waals surface area contributed by atoms with Crippen LogP contribution in [-0.4, -0.2) is 20.2 Å². The smallest absolute Gasteiger partial charge is 0.328 e. The Morgan fingerprint density at radius 2 is 1.42 bits per heavy atom. The summed E-state index contributed by atoms with van der Waals surface area (Å²) in [6.45, 7) is 0. The van der Waals surface area contributed by atoms with Gasteiger partial charge in [-0.05, 0) is 41.5 Å². The van der Waals surface area contributed by atoms with Crippen molar-refractivity contribution in [3.8, 4) is 0 Å². The molecule has 5 rings (SSSR count). The van der Waals surface area contributed by atoms with Crippen LogP contribution in [-0.2, 0) is 18.9 Å². The van der Waals surface area contributed by atoms with Crippen LogP contribution < -0.4 is 0 Å². The number of carboxylic acid groups (broad SMARTS) is 1. The Hall–Kier alpha value is -3.57. The molecule has 0 saturated carbocycles. The van der Waals surface area contributed by atoms with Gasteiger partial charge in [0, 0.05) is 70.0 Å². The fraction of sp³-hybridized carbons (Fsp3) is 0.115. The molecule has 0 unspecified atom stereocenters. The predicted octanol–water partition coefficient (Wildman–Crippen LogP) is 6.01. The number of aliphatic carboxylic acids is 1. The molecule has 0 bridgehead atoms. The van der Waals surface area contributed by atoms with Crippen LogP contribution in [0.3, 0.4) is 0 Å². The number of hydrogen-bond donors (Lipinski definition) is 1. The molecule has 0 aliphatic heterocycles. The van der Waals surface area contributed by atoms with Gasteiger partial charge in [-0.2, -0.15) is 0 Å². The van der Waals surface area contributed by atoms with E-state index < -0.39 is 5.97 Å². The number of carbonyl (C=O) groups is 1. The van der Waals surface area contributed by atoms with E-state index in [1.54, 1.807) is 17.4 Å². The summed E-state index contributed by atoms with van der Waals surface area (Å²) in [6.07, 6.45) is 7.31. The zero-order chi connectivity index (χ0) is 21.5. The average Bonchev–Trinajstić information content (AvgIpc) is 3.46. The summed E-state index contributed by atoms with van der Waals surface area (Å²) in [5.41, 5.74) is 4.91. The van der Waals surface area contributed by atoms with E-state index in [1.165, 1.54) is 43.9 Å². The van der Waals surface area contributed by atoms with Crippen LogP contribution in [0, 0.1) is 0 Å². The Labute approximate surface area is 184 Å². The number of thiophene rings is 1. The van der Waals surface area contributed by atoms with Crippen molar-refractivity contribution < 1.29 is 9.90 Å². The molecule has 5 aromatic rings. The number of hydrogen-bond acceptors (Lipinski definition) is 2. The van der Waals surface area contributed by atoms with E-state index in [4.69, 9.17) is 5.11 Å². The maximum Gasteiger partial charge on any atom is 0.328 e. The molecule has 5 heteroatoms. The van der Waals surface area contributed by atoms with E-state index in [2.05, 4.69) is 90.2 Å². The van der Waals surface area contributed by atoms with Gasteiger partial charge in [0.1, 0.15) is 0 Å². The van der Waals surface area contributed by atoms with Gasteiger partial charge in [-0.1, -0.05) is 36.4 Å². The van der Waals surface area contributed by atoms with E-state index in [9.17, 15) is 4.79 Å². The second-order valence-electron chi connectivity index (χ2n) is 7.77. The molecule has 0 aliphatic carbocycles. The SMILES string of the molecule is Cn1cc(C(c2ccc(C=CC(=O)O)s2)c2cn(C)c3ccccc23)c2ccccc21. The van der Waals surface area contributed by atoms with Gasteiger partial charge in [0.05, 0.1) is 0 Å². The third-order valence-electron chi connectivity index (χ3n) is 5.80. The first kappa shape index (κ1) is 19.4. The lowest BCUT2D eigenvalue weighted by Gasteiger charge is -2.15. The lowest BCUT2D eigenvalue weighted by molar-refractivity contribution is -0.131. The fourth-order valence-corrected chi connectivity index (χ4v) is 5.50. The predicted molar refractivity (Wildman–Crippen MR) is 128 cm³/mol. The Morgan fingerprint density at radius 1 is 0.871 bits per heavy atom. The van der Waals surface area contributed by atoms with E-state index >= 15 is 0 Å². The van der Waals surface area contributed by atoms with Crippen LogP contribution in [0.4, 0.5) is 0 Å². The van der Waals surface area contributed by atoms with Gasteiger partial charge in [-0.15, -0.1) is 11.3 Å². The van der Waals surface area contributed by atoms with Crippen LogP contribution >= 0.6 is 11.3 Å². The minimum absolute atomic E-state index is 0.0502. The van der Waals surface area contributed by atoms with E-state index in [-0.39, 0.29) is 5.92 Å². The monoisotopic (exact) mass is 426 g/mol. The van der Waals surface area contributed by atoms with Gasteiger partial charge in [-0.3, -0.25) is 0 Å². The highest BCUT2D eigenvalue weighted by atomic mass is 32.1. The minimum Gasteiger partial charge on any atom is -0.478 e. The molecule has 2 aromatic carbocycles. The van der Waals surface area contributed by atoms with Crippen molar-refractivity contribution in [1.82, 2.24) is 9.13 Å². The molecular weight excluding hydrogens is 404 g/mol. The van der Waals surface area contributed by atoms with Gasteiger partial charge in [0.2, 0.25) is 0 Å². The van der Waals surface area contributed by atoms with Gasteiger partial charge >= 0.3 is 5.97 Å². The zero-order valence-electron chi connectivity index (χ0n) is 17.3. The van der Waals surface area contributed by atoms with Crippen molar-refractivity contribution in [3.63, 3.8) is 0 Å². The van der Waals surface area contributed by atoms with E-state index in [0.29, 0.717) is 0 Å². The van der Waals surface area contributed by atoms with Crippen molar-refractivity contribution in [2.24, 2.45) is 14.1 Å². The maximum atomic E-state index is 11.0. The summed E-state index contributed by atoms with van der Waals surface area (Å²) >= 11 is 1.64. The molecular formula is C26H22N2O2S. The molecule has 0 fully saturated rings. The quantitative estimate of drug-likeness (QED) is 0.350. The molecule has 1 N–H and O–H groups in total. The van der Waals surface area contributed by atoms with Crippen LogP contribution in [0.25, 0.3) is 27.9 Å². The highest BCUT2D eigenvalue weighted by molar-refractivity contribution is 7.13. The van der Waals surface area contributed by atoms with Gasteiger partial charge in [0.15, 0.2) is 0 Å². The number of fused-ring (bicyclic) bond motifs is 2. The standard InChI is InChI=1S/C26H22N2O2S/c1-27-15-20(18-7-3-5-9-22(18)27)26(24-13-11-17(31-24)12-14-25(29)30)21-16-28(2)23-10-6-4-8-19(21)23/h3-16,26H,1-2H3,(H,29,30). The normalized spacial score (nSPS) is 12.0. The summed E-state index contributed by atoms with van der Waals surface area (Å²) in [4.78, 5) is 13.1. The number of benzene rings is 2. The molecule has 154 valence electrons. The summed E-state index contributed by atoms with van der Waals surface area (Å²) < 4.78 is 4.36. The number of para-hydroxylation sites is 2. The lowest BCUT2D eigenvalue weighted by atomic mass is 9.89. The second-order valence-corrected chi connectivity index (χ2v) is 8.92. The molecule has 31 heavy (non-hydrogen) atoms. The van der Waals surface area contributed by atoms with Crippen molar-refractivity contribution in [1.29, 1.82) is 0 Å². The Morgan fingerprint density at radius 3 is 1.97 bits per heavy atom. The van der Waals surface area contributed by atoms with Crippen LogP contribution in [0.1, 0.15) is 26.8 Å². The van der Waals surface area contributed by atoms with Crippen molar-refractivity contribution in [2.45, 2.75) is 5.92 Å². The topological polar surface area (TPSA) is 47.2 Å². The fourth-order valence-electron chi connectivity index (χ4n) is 4.45. The summed E-state index contributed by atoms with van der Waals surface area (Å²) in [5, 5.41) is 11.5. The summed E-state index contributed by atoms with van der Waals surface area (Å²) in [7, 11) is 4.17. The molecule has 4 nitrogen and oxygen atoms in total. The number of rotatable bonds is 5. The van der Waals surface area contributed by atoms with E-state index in [0.717, 1.165) is 4.88 Å². The first-order valence-electron chi connectivity index (χ1n) is 10.1. The molecule has 0 radical (unpaired) electrons. The molecule has 0 saturated heterocycles. The van der Waals surface area contributed by atoms with Crippen LogP contribution in [0.5, 0.6) is 0 Å². The molecule has 0 aliphatic rings. The van der Waals surface area contributed by atoms with Crippen molar-refractivity contribution >= 4 is 45.2 Å². The Kier molecular flexibility index (Phi) is 4.75. The summed E-state index contributed by atoms with van der Waals surface area (Å²) in [5.74, 6) is -0.885. The number of aromatic nitrogens is 2. The third kappa shape index (κ3) is 3.37. The number of nitrogens with zero attached hydrogens (tertiary/aromatic N) is 2. The van der Waals surface area contributed by atoms with Crippen LogP contribution in [0.15, 0.2) is 79.1 Å². The van der Waals surface area contributed by atoms with Crippen molar-refractivity contribution in [3.05, 3.63) is 100 Å².